The lowest BCUT2D eigenvalue weighted by Gasteiger charge is -2.32. The molecule has 0 radical (unpaired) electrons. The molecule has 1 amide bonds. The van der Waals surface area contributed by atoms with Gasteiger partial charge in [-0.15, -0.1) is 0 Å². The third-order valence-corrected chi connectivity index (χ3v) is 5.33. The molecule has 0 atom stereocenters. The van der Waals surface area contributed by atoms with Gasteiger partial charge in [0.25, 0.3) is 0 Å². The summed E-state index contributed by atoms with van der Waals surface area (Å²) in [7, 11) is 0. The van der Waals surface area contributed by atoms with Crippen LogP contribution in [0.1, 0.15) is 30.1 Å². The molecule has 2 aromatic carbocycles. The van der Waals surface area contributed by atoms with Gasteiger partial charge in [-0.05, 0) is 73.4 Å². The number of rotatable bonds is 5. The number of nitrogens with one attached hydrogen (secondary N) is 1. The summed E-state index contributed by atoms with van der Waals surface area (Å²) in [5.74, 6) is 0.277. The molecule has 27 heavy (non-hydrogen) atoms. The maximum atomic E-state index is 12.1. The second-order valence-corrected chi connectivity index (χ2v) is 7.83. The highest BCUT2D eigenvalue weighted by Gasteiger charge is 2.15. The molecule has 1 aliphatic rings. The molecule has 1 N–H and O–H groups in total. The van der Waals surface area contributed by atoms with Gasteiger partial charge >= 0.3 is 0 Å². The van der Waals surface area contributed by atoms with Crippen molar-refractivity contribution in [2.45, 2.75) is 19.8 Å². The summed E-state index contributed by atoms with van der Waals surface area (Å²) in [5.41, 5.74) is 2.44. The summed E-state index contributed by atoms with van der Waals surface area (Å²) in [4.78, 5) is 26.5. The molecular weight excluding hydrogens is 404 g/mol. The summed E-state index contributed by atoms with van der Waals surface area (Å²) in [6.07, 6.45) is 5.00. The van der Waals surface area contributed by atoms with Crippen LogP contribution in [-0.2, 0) is 4.79 Å². The van der Waals surface area contributed by atoms with Gasteiger partial charge in [0.1, 0.15) is 0 Å². The van der Waals surface area contributed by atoms with E-state index in [0.29, 0.717) is 5.56 Å². The molecule has 1 heterocycles. The van der Waals surface area contributed by atoms with Crippen LogP contribution in [0.5, 0.6) is 0 Å². The fourth-order valence-corrected chi connectivity index (χ4v) is 3.33. The number of hydrogen-bond acceptors (Lipinski definition) is 3. The smallest absolute Gasteiger partial charge is 0.248 e. The number of hydrogen-bond donors (Lipinski definition) is 1. The van der Waals surface area contributed by atoms with Crippen molar-refractivity contribution in [2.75, 3.05) is 23.3 Å². The number of anilines is 2. The van der Waals surface area contributed by atoms with Crippen molar-refractivity contribution in [1.82, 2.24) is 0 Å². The van der Waals surface area contributed by atoms with Crippen molar-refractivity contribution < 1.29 is 9.59 Å². The standard InChI is InChI=1S/C22H23BrN2O2/c1-16-12-14-25(15-13-16)20-8-6-19(7-9-20)24-22(27)11-10-21(26)17-2-4-18(23)5-3-17/h2-11,16H,12-15H2,1H3,(H,24,27)/b11-10+. The van der Waals surface area contributed by atoms with E-state index in [-0.39, 0.29) is 11.7 Å². The number of nitrogens with zero attached hydrogens (tertiary/aromatic N) is 1. The van der Waals surface area contributed by atoms with Crippen LogP contribution in [0.15, 0.2) is 65.2 Å². The number of carbonyl (C=O) groups is 2. The first-order chi connectivity index (χ1) is 13.0. The van der Waals surface area contributed by atoms with Crippen LogP contribution in [-0.4, -0.2) is 24.8 Å². The van der Waals surface area contributed by atoms with Crippen molar-refractivity contribution in [1.29, 1.82) is 0 Å². The highest BCUT2D eigenvalue weighted by atomic mass is 79.9. The Morgan fingerprint density at radius 1 is 1.00 bits per heavy atom. The summed E-state index contributed by atoms with van der Waals surface area (Å²) in [5, 5.41) is 2.79. The minimum absolute atomic E-state index is 0.202. The van der Waals surface area contributed by atoms with Crippen LogP contribution in [0.2, 0.25) is 0 Å². The first kappa shape index (κ1) is 19.4. The van der Waals surface area contributed by atoms with Crippen LogP contribution in [0.4, 0.5) is 11.4 Å². The van der Waals surface area contributed by atoms with E-state index in [1.54, 1.807) is 24.3 Å². The number of benzene rings is 2. The number of piperidine rings is 1. The molecule has 5 heteroatoms. The van der Waals surface area contributed by atoms with Crippen molar-refractivity contribution in [3.05, 3.63) is 70.7 Å². The quantitative estimate of drug-likeness (QED) is 0.536. The van der Waals surface area contributed by atoms with Gasteiger partial charge in [0.05, 0.1) is 0 Å². The van der Waals surface area contributed by atoms with Crippen LogP contribution in [0, 0.1) is 5.92 Å². The zero-order valence-electron chi connectivity index (χ0n) is 15.3. The van der Waals surface area contributed by atoms with E-state index in [2.05, 4.69) is 33.1 Å². The minimum Gasteiger partial charge on any atom is -0.372 e. The molecule has 0 saturated carbocycles. The maximum absolute atomic E-state index is 12.1. The topological polar surface area (TPSA) is 49.4 Å². The van der Waals surface area contributed by atoms with Gasteiger partial charge in [-0.25, -0.2) is 0 Å². The van der Waals surface area contributed by atoms with Crippen LogP contribution in [0.3, 0.4) is 0 Å². The lowest BCUT2D eigenvalue weighted by molar-refractivity contribution is -0.111. The highest BCUT2D eigenvalue weighted by molar-refractivity contribution is 9.10. The monoisotopic (exact) mass is 426 g/mol. The lowest BCUT2D eigenvalue weighted by Crippen LogP contribution is -2.32. The number of halogens is 1. The summed E-state index contributed by atoms with van der Waals surface area (Å²) >= 11 is 3.33. The second-order valence-electron chi connectivity index (χ2n) is 6.91. The van der Waals surface area contributed by atoms with Crippen LogP contribution >= 0.6 is 15.9 Å². The Labute approximate surface area is 168 Å². The normalized spacial score (nSPS) is 15.1. The number of amides is 1. The first-order valence-corrected chi connectivity index (χ1v) is 9.94. The lowest BCUT2D eigenvalue weighted by atomic mass is 9.99. The highest BCUT2D eigenvalue weighted by Crippen LogP contribution is 2.24. The SMILES string of the molecule is CC1CCN(c2ccc(NC(=O)/C=C/C(=O)c3ccc(Br)cc3)cc2)CC1. The summed E-state index contributed by atoms with van der Waals surface area (Å²) < 4.78 is 0.906. The molecule has 4 nitrogen and oxygen atoms in total. The molecule has 1 fully saturated rings. The van der Waals surface area contributed by atoms with Gasteiger partial charge in [-0.2, -0.15) is 0 Å². The van der Waals surface area contributed by atoms with Crippen molar-refractivity contribution in [3.63, 3.8) is 0 Å². The van der Waals surface area contributed by atoms with Crippen molar-refractivity contribution >= 4 is 39.0 Å². The van der Waals surface area contributed by atoms with Crippen LogP contribution in [0.25, 0.3) is 0 Å². The molecule has 1 saturated heterocycles. The van der Waals surface area contributed by atoms with E-state index < -0.39 is 0 Å². The van der Waals surface area contributed by atoms with E-state index in [4.69, 9.17) is 0 Å². The van der Waals surface area contributed by atoms with Gasteiger partial charge in [0.15, 0.2) is 5.78 Å². The zero-order valence-corrected chi connectivity index (χ0v) is 16.9. The molecule has 3 rings (SSSR count). The molecular formula is C22H23BrN2O2. The number of ketones is 1. The van der Waals surface area contributed by atoms with E-state index in [1.165, 1.54) is 30.7 Å². The third-order valence-electron chi connectivity index (χ3n) is 4.80. The van der Waals surface area contributed by atoms with E-state index in [1.807, 2.05) is 24.3 Å². The van der Waals surface area contributed by atoms with Crippen LogP contribution < -0.4 is 10.2 Å². The summed E-state index contributed by atoms with van der Waals surface area (Å²) in [6, 6.07) is 14.9. The summed E-state index contributed by atoms with van der Waals surface area (Å²) in [6.45, 7) is 4.45. The number of carbonyl (C=O) groups excluding carboxylic acids is 2. The Bertz CT molecular complexity index is 820. The molecule has 140 valence electrons. The minimum atomic E-state index is -0.319. The molecule has 0 unspecified atom stereocenters. The average molecular weight is 427 g/mol. The van der Waals surface area contributed by atoms with E-state index >= 15 is 0 Å². The average Bonchev–Trinajstić information content (AvgIpc) is 2.68. The van der Waals surface area contributed by atoms with E-state index in [0.717, 1.165) is 29.2 Å². The Kier molecular flexibility index (Phi) is 6.45. The van der Waals surface area contributed by atoms with Gasteiger partial charge in [-0.3, -0.25) is 9.59 Å². The van der Waals surface area contributed by atoms with Gasteiger partial charge < -0.3 is 10.2 Å². The zero-order chi connectivity index (χ0) is 19.2. The fourth-order valence-electron chi connectivity index (χ4n) is 3.07. The fraction of sp³-hybridized carbons (Fsp3) is 0.273. The molecule has 0 aromatic heterocycles. The van der Waals surface area contributed by atoms with Crippen molar-refractivity contribution in [3.8, 4) is 0 Å². The predicted octanol–water partition coefficient (Wildman–Crippen LogP) is 5.06. The first-order valence-electron chi connectivity index (χ1n) is 9.15. The molecule has 0 bridgehead atoms. The molecule has 0 spiro atoms. The Morgan fingerprint density at radius 3 is 2.26 bits per heavy atom. The Morgan fingerprint density at radius 2 is 1.63 bits per heavy atom. The van der Waals surface area contributed by atoms with E-state index in [9.17, 15) is 9.59 Å². The van der Waals surface area contributed by atoms with Gasteiger partial charge in [-0.1, -0.05) is 22.9 Å². The molecule has 2 aromatic rings. The Balaban J connectivity index is 1.54. The largest absolute Gasteiger partial charge is 0.372 e. The molecule has 0 aliphatic carbocycles. The van der Waals surface area contributed by atoms with Gasteiger partial charge in [0, 0.05) is 40.6 Å². The maximum Gasteiger partial charge on any atom is 0.248 e. The predicted molar refractivity (Wildman–Crippen MR) is 113 cm³/mol. The second kappa shape index (κ2) is 9.00. The Hall–Kier alpha value is -2.40. The molecule has 1 aliphatic heterocycles. The van der Waals surface area contributed by atoms with Crippen molar-refractivity contribution in [2.24, 2.45) is 5.92 Å². The van der Waals surface area contributed by atoms with Gasteiger partial charge in [0.2, 0.25) is 5.91 Å². The number of allylic oxidation sites excluding steroid dienone is 1. The third kappa shape index (κ3) is 5.54.